The minimum Gasteiger partial charge on any atom is -0.377 e. The number of fused-ring (bicyclic) bond motifs is 1. The zero-order valence-electron chi connectivity index (χ0n) is 12.9. The molecule has 0 atom stereocenters. The topological polar surface area (TPSA) is 64.3 Å². The highest BCUT2D eigenvalue weighted by molar-refractivity contribution is 7.97. The number of hydrogen-bond donors (Lipinski definition) is 1. The van der Waals surface area contributed by atoms with E-state index in [4.69, 9.17) is 16.3 Å². The molecular weight excluding hydrogens is 392 g/mol. The molecule has 0 saturated carbocycles. The largest absolute Gasteiger partial charge is 0.377 e. The van der Waals surface area contributed by atoms with Gasteiger partial charge < -0.3 is 4.74 Å². The number of alkyl halides is 2. The summed E-state index contributed by atoms with van der Waals surface area (Å²) in [6.07, 6.45) is 0.777. The van der Waals surface area contributed by atoms with Gasteiger partial charge in [0.1, 0.15) is 0 Å². The fraction of sp³-hybridized carbons (Fsp3) is 0.357. The van der Waals surface area contributed by atoms with E-state index in [0.717, 1.165) is 16.2 Å². The Hall–Kier alpha value is -1.33. The normalized spacial score (nSPS) is 16.5. The van der Waals surface area contributed by atoms with E-state index < -0.39 is 6.43 Å². The van der Waals surface area contributed by atoms with Crippen LogP contribution in [0.15, 0.2) is 23.4 Å². The Morgan fingerprint density at radius 2 is 2.24 bits per heavy atom. The van der Waals surface area contributed by atoms with Crippen molar-refractivity contribution in [3.8, 4) is 10.8 Å². The molecule has 4 heterocycles. The summed E-state index contributed by atoms with van der Waals surface area (Å²) >= 11 is 8.59. The lowest BCUT2D eigenvalue weighted by Gasteiger charge is -2.38. The number of rotatable bonds is 5. The van der Waals surface area contributed by atoms with E-state index in [1.807, 2.05) is 12.3 Å². The third-order valence-electron chi connectivity index (χ3n) is 3.64. The smallest absolute Gasteiger partial charge is 0.291 e. The summed E-state index contributed by atoms with van der Waals surface area (Å²) in [6.45, 7) is 3.36. The fourth-order valence-electron chi connectivity index (χ4n) is 2.31. The molecule has 1 fully saturated rings. The predicted octanol–water partition coefficient (Wildman–Crippen LogP) is 3.83. The second kappa shape index (κ2) is 6.44. The number of hydrogen-bond acceptors (Lipinski definition) is 7. The number of nitrogens with zero attached hydrogens (tertiary/aromatic N) is 4. The monoisotopic (exact) mass is 403 g/mol. The van der Waals surface area contributed by atoms with E-state index in [-0.39, 0.29) is 10.5 Å². The first kappa shape index (κ1) is 17.1. The lowest BCUT2D eigenvalue weighted by molar-refractivity contribution is -0.0510. The number of nitrogens with one attached hydrogen (secondary N) is 1. The van der Waals surface area contributed by atoms with E-state index in [1.165, 1.54) is 11.9 Å². The zero-order chi connectivity index (χ0) is 17.6. The SMILES string of the molecule is CC1(NSc2cc(Cl)c3cnc(-c4nnc(C(F)F)s4)n3c2)COC1. The Balaban J connectivity index is 1.68. The van der Waals surface area contributed by atoms with Crippen LogP contribution in [0, 0.1) is 0 Å². The molecule has 132 valence electrons. The Morgan fingerprint density at radius 3 is 2.88 bits per heavy atom. The first-order chi connectivity index (χ1) is 12.0. The molecule has 0 bridgehead atoms. The maximum absolute atomic E-state index is 12.8. The van der Waals surface area contributed by atoms with Crippen LogP contribution in [-0.4, -0.2) is 38.3 Å². The summed E-state index contributed by atoms with van der Waals surface area (Å²) in [5.74, 6) is 0.432. The van der Waals surface area contributed by atoms with Gasteiger partial charge in [-0.25, -0.2) is 18.5 Å². The van der Waals surface area contributed by atoms with Gasteiger partial charge >= 0.3 is 0 Å². The van der Waals surface area contributed by atoms with Crippen molar-refractivity contribution < 1.29 is 13.5 Å². The van der Waals surface area contributed by atoms with Crippen LogP contribution in [0.3, 0.4) is 0 Å². The molecule has 0 amide bonds. The summed E-state index contributed by atoms with van der Waals surface area (Å²) in [6, 6.07) is 1.83. The molecule has 1 N–H and O–H groups in total. The summed E-state index contributed by atoms with van der Waals surface area (Å²) in [4.78, 5) is 5.13. The highest BCUT2D eigenvalue weighted by atomic mass is 35.5. The average Bonchev–Trinajstić information content (AvgIpc) is 3.17. The lowest BCUT2D eigenvalue weighted by Crippen LogP contribution is -2.55. The van der Waals surface area contributed by atoms with Gasteiger partial charge in [0.25, 0.3) is 6.43 Å². The van der Waals surface area contributed by atoms with Gasteiger partial charge in [0.05, 0.1) is 35.5 Å². The quantitative estimate of drug-likeness (QED) is 0.653. The molecule has 0 aromatic carbocycles. The molecule has 1 saturated heterocycles. The van der Waals surface area contributed by atoms with Crippen LogP contribution in [0.25, 0.3) is 16.3 Å². The van der Waals surface area contributed by atoms with Crippen molar-refractivity contribution in [2.75, 3.05) is 13.2 Å². The molecule has 1 aliphatic rings. The number of imidazole rings is 1. The van der Waals surface area contributed by atoms with E-state index >= 15 is 0 Å². The molecule has 11 heteroatoms. The van der Waals surface area contributed by atoms with Crippen molar-refractivity contribution in [2.24, 2.45) is 0 Å². The predicted molar refractivity (Wildman–Crippen MR) is 92.3 cm³/mol. The summed E-state index contributed by atoms with van der Waals surface area (Å²) in [7, 11) is 0. The first-order valence-electron chi connectivity index (χ1n) is 7.25. The van der Waals surface area contributed by atoms with E-state index in [0.29, 0.717) is 34.6 Å². The van der Waals surface area contributed by atoms with Gasteiger partial charge in [-0.15, -0.1) is 10.2 Å². The molecule has 0 spiro atoms. The van der Waals surface area contributed by atoms with Gasteiger partial charge in [0.15, 0.2) is 15.8 Å². The highest BCUT2D eigenvalue weighted by Gasteiger charge is 2.33. The minimum atomic E-state index is -2.65. The van der Waals surface area contributed by atoms with Crippen molar-refractivity contribution >= 4 is 40.4 Å². The van der Waals surface area contributed by atoms with Crippen LogP contribution in [-0.2, 0) is 4.74 Å². The molecular formula is C14H12ClF2N5OS2. The fourth-order valence-corrected chi connectivity index (χ4v) is 4.14. The molecule has 6 nitrogen and oxygen atoms in total. The van der Waals surface area contributed by atoms with Crippen LogP contribution < -0.4 is 4.72 Å². The molecule has 25 heavy (non-hydrogen) atoms. The van der Waals surface area contributed by atoms with Crippen LogP contribution in [0.4, 0.5) is 8.78 Å². The Morgan fingerprint density at radius 1 is 1.44 bits per heavy atom. The van der Waals surface area contributed by atoms with E-state index in [2.05, 4.69) is 26.8 Å². The van der Waals surface area contributed by atoms with Gasteiger partial charge in [-0.05, 0) is 24.9 Å². The summed E-state index contributed by atoms with van der Waals surface area (Å²) < 4.78 is 35.8. The van der Waals surface area contributed by atoms with E-state index in [9.17, 15) is 8.78 Å². The zero-order valence-corrected chi connectivity index (χ0v) is 15.3. The average molecular weight is 404 g/mol. The third kappa shape index (κ3) is 3.24. The summed E-state index contributed by atoms with van der Waals surface area (Å²) in [5, 5.41) is 7.83. The van der Waals surface area contributed by atoms with Crippen molar-refractivity contribution in [2.45, 2.75) is 23.8 Å². The molecule has 3 aromatic heterocycles. The second-order valence-corrected chi connectivity index (χ2v) is 8.16. The van der Waals surface area contributed by atoms with Gasteiger partial charge in [0, 0.05) is 11.1 Å². The number of ether oxygens (including phenoxy) is 1. The van der Waals surface area contributed by atoms with Crippen LogP contribution in [0.1, 0.15) is 18.4 Å². The summed E-state index contributed by atoms with van der Waals surface area (Å²) in [5.41, 5.74) is 0.600. The number of aromatic nitrogens is 4. The van der Waals surface area contributed by atoms with E-state index in [1.54, 1.807) is 10.6 Å². The van der Waals surface area contributed by atoms with Crippen LogP contribution in [0.5, 0.6) is 0 Å². The second-order valence-electron chi connectivity index (χ2n) is 5.86. The Labute approximate surface area is 154 Å². The van der Waals surface area contributed by atoms with Crippen molar-refractivity contribution in [3.63, 3.8) is 0 Å². The van der Waals surface area contributed by atoms with Crippen LogP contribution in [0.2, 0.25) is 5.02 Å². The van der Waals surface area contributed by atoms with Crippen molar-refractivity contribution in [1.29, 1.82) is 0 Å². The Kier molecular flexibility index (Phi) is 4.40. The molecule has 0 radical (unpaired) electrons. The van der Waals surface area contributed by atoms with Crippen molar-refractivity contribution in [3.05, 3.63) is 28.5 Å². The molecule has 0 unspecified atom stereocenters. The Bertz CT molecular complexity index is 927. The maximum atomic E-state index is 12.8. The van der Waals surface area contributed by atoms with Gasteiger partial charge in [0.2, 0.25) is 0 Å². The third-order valence-corrected chi connectivity index (χ3v) is 5.93. The number of halogens is 3. The van der Waals surface area contributed by atoms with Crippen molar-refractivity contribution in [1.82, 2.24) is 24.3 Å². The molecule has 4 rings (SSSR count). The first-order valence-corrected chi connectivity index (χ1v) is 9.27. The van der Waals surface area contributed by atoms with Gasteiger partial charge in [-0.1, -0.05) is 22.9 Å². The minimum absolute atomic E-state index is 0.0741. The van der Waals surface area contributed by atoms with Gasteiger partial charge in [-0.3, -0.25) is 4.40 Å². The highest BCUT2D eigenvalue weighted by Crippen LogP contribution is 2.32. The molecule has 0 aliphatic carbocycles. The number of pyridine rings is 1. The van der Waals surface area contributed by atoms with Crippen LogP contribution >= 0.6 is 34.9 Å². The van der Waals surface area contributed by atoms with Gasteiger partial charge in [-0.2, -0.15) is 0 Å². The lowest BCUT2D eigenvalue weighted by atomic mass is 10.0. The maximum Gasteiger partial charge on any atom is 0.291 e. The standard InChI is InChI=1S/C14H12ClF2N5OS2/c1-14(5-23-6-14)21-25-7-2-8(15)9-3-18-11(22(9)4-7)13-20-19-12(24-13)10(16)17/h2-4,10,21H,5-6H2,1H3. The molecule has 1 aliphatic heterocycles. The molecule has 3 aromatic rings.